The van der Waals surface area contributed by atoms with E-state index < -0.39 is 28.1 Å². The summed E-state index contributed by atoms with van der Waals surface area (Å²) in [6, 6.07) is 5.85. The second-order valence-corrected chi connectivity index (χ2v) is 5.44. The van der Waals surface area contributed by atoms with Crippen molar-refractivity contribution < 1.29 is 61.9 Å². The van der Waals surface area contributed by atoms with Gasteiger partial charge in [0.25, 0.3) is 5.69 Å². The van der Waals surface area contributed by atoms with Gasteiger partial charge in [-0.2, -0.15) is 13.2 Å². The van der Waals surface area contributed by atoms with Gasteiger partial charge in [-0.05, 0) is 30.3 Å². The molecule has 27 heavy (non-hydrogen) atoms. The van der Waals surface area contributed by atoms with Crippen molar-refractivity contribution in [2.45, 2.75) is 6.18 Å². The topological polar surface area (TPSA) is 78.7 Å². The largest absolute Gasteiger partial charge is 1.00 e. The molecule has 0 saturated carbocycles. The Morgan fingerprint density at radius 1 is 1.22 bits per heavy atom. The van der Waals surface area contributed by atoms with Crippen LogP contribution in [0.4, 0.5) is 18.9 Å². The first-order chi connectivity index (χ1) is 12.1. The molecule has 138 valence electrons. The third kappa shape index (κ3) is 5.91. The number of benzene rings is 2. The van der Waals surface area contributed by atoms with Gasteiger partial charge in [0.1, 0.15) is 23.7 Å². The Labute approximate surface area is 178 Å². The number of rotatable bonds is 6. The molecule has 0 aliphatic heterocycles. The van der Waals surface area contributed by atoms with Crippen LogP contribution in [0.15, 0.2) is 36.4 Å². The number of nitro groups is 1. The average Bonchev–Trinajstić information content (AvgIpc) is 2.55. The summed E-state index contributed by atoms with van der Waals surface area (Å²) in [5.74, 6) is -0.751. The number of methoxy groups -OCH3 is 1. The summed E-state index contributed by atoms with van der Waals surface area (Å²) in [6.07, 6.45) is -4.56. The van der Waals surface area contributed by atoms with Crippen molar-refractivity contribution >= 4 is 23.1 Å². The number of nitrogens with zero attached hydrogens (tertiary/aromatic N) is 1. The van der Waals surface area contributed by atoms with Gasteiger partial charge in [-0.3, -0.25) is 14.9 Å². The maximum Gasteiger partial charge on any atom is 1.00 e. The number of Topliss-reactive ketones (excluding diaryl/α,β-unsaturated/α-hetero) is 1. The minimum atomic E-state index is -4.56. The summed E-state index contributed by atoms with van der Waals surface area (Å²) < 4.78 is 48.0. The normalized spacial score (nSPS) is 10.9. The van der Waals surface area contributed by atoms with E-state index in [1.54, 1.807) is 0 Å². The van der Waals surface area contributed by atoms with Crippen LogP contribution in [0.3, 0.4) is 0 Å². The van der Waals surface area contributed by atoms with Crippen molar-refractivity contribution in [2.75, 3.05) is 13.7 Å². The number of nitro benzene ring substituents is 1. The first-order valence-electron chi connectivity index (χ1n) is 6.98. The standard InChI is InChI=1S/C16H11ClF3NO5.Na/c1-25-8-14(22)11-7-10(3-4-13(11)21(23)24)26-15-5-2-9(6-12(15)17)16(18,19)20;/h2-7H,8H2,1H3;/q;+1. The van der Waals surface area contributed by atoms with Gasteiger partial charge in [-0.1, -0.05) is 11.6 Å². The van der Waals surface area contributed by atoms with Crippen molar-refractivity contribution in [1.29, 1.82) is 0 Å². The van der Waals surface area contributed by atoms with Crippen LogP contribution in [0.5, 0.6) is 11.5 Å². The molecule has 2 aromatic carbocycles. The Hall–Kier alpha value is -1.65. The zero-order valence-electron chi connectivity index (χ0n) is 14.2. The summed E-state index contributed by atoms with van der Waals surface area (Å²) in [6.45, 7) is -0.384. The van der Waals surface area contributed by atoms with Gasteiger partial charge in [0, 0.05) is 13.2 Å². The number of ether oxygens (including phenoxy) is 2. The molecule has 0 aromatic heterocycles. The third-order valence-corrected chi connectivity index (χ3v) is 3.52. The van der Waals surface area contributed by atoms with Crippen LogP contribution in [-0.4, -0.2) is 24.4 Å². The molecule has 0 aliphatic carbocycles. The van der Waals surface area contributed by atoms with E-state index in [1.807, 2.05) is 0 Å². The molecular formula is C16H11ClF3NNaO5+. The third-order valence-electron chi connectivity index (χ3n) is 3.23. The van der Waals surface area contributed by atoms with Gasteiger partial charge in [-0.25, -0.2) is 0 Å². The van der Waals surface area contributed by atoms with Crippen molar-refractivity contribution in [2.24, 2.45) is 0 Å². The van der Waals surface area contributed by atoms with E-state index >= 15 is 0 Å². The van der Waals surface area contributed by atoms with Gasteiger partial charge >= 0.3 is 35.7 Å². The van der Waals surface area contributed by atoms with Crippen LogP contribution in [0.2, 0.25) is 5.02 Å². The zero-order valence-corrected chi connectivity index (χ0v) is 16.9. The molecule has 0 unspecified atom stereocenters. The van der Waals surface area contributed by atoms with E-state index in [0.29, 0.717) is 6.07 Å². The molecule has 0 fully saturated rings. The van der Waals surface area contributed by atoms with Gasteiger partial charge in [0.15, 0.2) is 5.78 Å². The minimum Gasteiger partial charge on any atom is -0.456 e. The SMILES string of the molecule is COCC(=O)c1cc(Oc2ccc(C(F)(F)F)cc2Cl)ccc1[N+](=O)[O-].[Na+]. The summed E-state index contributed by atoms with van der Waals surface area (Å²) in [4.78, 5) is 22.3. The molecular weight excluding hydrogens is 402 g/mol. The summed E-state index contributed by atoms with van der Waals surface area (Å²) in [7, 11) is 1.26. The van der Waals surface area contributed by atoms with Crippen molar-refractivity contribution in [3.63, 3.8) is 0 Å². The molecule has 0 atom stereocenters. The fourth-order valence-corrected chi connectivity index (χ4v) is 2.28. The maximum absolute atomic E-state index is 12.6. The van der Waals surface area contributed by atoms with E-state index in [-0.39, 0.29) is 58.2 Å². The number of carbonyl (C=O) groups excluding carboxylic acids is 1. The Balaban J connectivity index is 0.00000364. The van der Waals surface area contributed by atoms with Crippen LogP contribution in [-0.2, 0) is 10.9 Å². The monoisotopic (exact) mass is 412 g/mol. The van der Waals surface area contributed by atoms with Crippen LogP contribution in [0.25, 0.3) is 0 Å². The maximum atomic E-state index is 12.6. The number of hydrogen-bond donors (Lipinski definition) is 0. The number of hydrogen-bond acceptors (Lipinski definition) is 5. The van der Waals surface area contributed by atoms with E-state index in [9.17, 15) is 28.1 Å². The summed E-state index contributed by atoms with van der Waals surface area (Å²) in [5, 5.41) is 10.7. The Kier molecular flexibility index (Phi) is 8.24. The molecule has 2 aromatic rings. The molecule has 0 amide bonds. The molecule has 0 N–H and O–H groups in total. The second kappa shape index (κ2) is 9.52. The number of ketones is 1. The molecule has 0 radical (unpaired) electrons. The smallest absolute Gasteiger partial charge is 0.456 e. The predicted octanol–water partition coefficient (Wildman–Crippen LogP) is 1.89. The van der Waals surface area contributed by atoms with E-state index in [2.05, 4.69) is 4.74 Å². The van der Waals surface area contributed by atoms with Gasteiger partial charge in [0.2, 0.25) is 0 Å². The van der Waals surface area contributed by atoms with Crippen LogP contribution in [0, 0.1) is 10.1 Å². The number of halogens is 4. The van der Waals surface area contributed by atoms with E-state index in [4.69, 9.17) is 16.3 Å². The number of carbonyl (C=O) groups is 1. The minimum absolute atomic E-state index is 0. The van der Waals surface area contributed by atoms with E-state index in [1.165, 1.54) is 13.2 Å². The summed E-state index contributed by atoms with van der Waals surface area (Å²) in [5.41, 5.74) is -1.65. The Bertz CT molecular complexity index is 860. The first-order valence-corrected chi connectivity index (χ1v) is 7.36. The van der Waals surface area contributed by atoms with Crippen LogP contribution in [0.1, 0.15) is 15.9 Å². The van der Waals surface area contributed by atoms with Crippen molar-refractivity contribution in [3.05, 3.63) is 62.7 Å². The number of alkyl halides is 3. The van der Waals surface area contributed by atoms with Gasteiger partial charge in [-0.15, -0.1) is 0 Å². The molecule has 0 heterocycles. The Morgan fingerprint density at radius 3 is 2.41 bits per heavy atom. The van der Waals surface area contributed by atoms with Crippen molar-refractivity contribution in [3.8, 4) is 11.5 Å². The Morgan fingerprint density at radius 2 is 1.89 bits per heavy atom. The molecule has 11 heteroatoms. The molecule has 2 rings (SSSR count). The molecule has 0 spiro atoms. The fraction of sp³-hybridized carbons (Fsp3) is 0.188. The van der Waals surface area contributed by atoms with Gasteiger partial charge < -0.3 is 9.47 Å². The fourth-order valence-electron chi connectivity index (χ4n) is 2.06. The quantitative estimate of drug-likeness (QED) is 0.313. The van der Waals surface area contributed by atoms with E-state index in [0.717, 1.165) is 24.3 Å². The van der Waals surface area contributed by atoms with Crippen molar-refractivity contribution in [1.82, 2.24) is 0 Å². The molecule has 0 saturated heterocycles. The molecule has 0 aliphatic rings. The summed E-state index contributed by atoms with van der Waals surface area (Å²) >= 11 is 5.80. The van der Waals surface area contributed by atoms with Crippen LogP contribution >= 0.6 is 11.6 Å². The zero-order chi connectivity index (χ0) is 19.5. The average molecular weight is 413 g/mol. The molecule has 6 nitrogen and oxygen atoms in total. The second-order valence-electron chi connectivity index (χ2n) is 5.04. The first kappa shape index (κ1) is 23.4. The van der Waals surface area contributed by atoms with Gasteiger partial charge in [0.05, 0.1) is 15.5 Å². The molecule has 0 bridgehead atoms. The van der Waals surface area contributed by atoms with Crippen LogP contribution < -0.4 is 34.3 Å². The predicted molar refractivity (Wildman–Crippen MR) is 85.8 cm³/mol.